The summed E-state index contributed by atoms with van der Waals surface area (Å²) in [6, 6.07) is 1.48. The lowest BCUT2D eigenvalue weighted by Gasteiger charge is -2.02. The van der Waals surface area contributed by atoms with Gasteiger partial charge in [-0.1, -0.05) is 38.1 Å². The van der Waals surface area contributed by atoms with E-state index in [0.29, 0.717) is 6.10 Å². The summed E-state index contributed by atoms with van der Waals surface area (Å²) in [6.07, 6.45) is 8.73. The summed E-state index contributed by atoms with van der Waals surface area (Å²) in [5.41, 5.74) is 0. The first-order chi connectivity index (χ1) is 6.93. The molecule has 1 saturated heterocycles. The molecule has 0 spiro atoms. The molecule has 0 amide bonds. The number of hydrogen-bond donors (Lipinski definition) is 0. The second-order valence-electron chi connectivity index (χ2n) is 4.15. The number of epoxide rings is 1. The first kappa shape index (κ1) is 12.2. The van der Waals surface area contributed by atoms with E-state index in [1.54, 1.807) is 0 Å². The topological polar surface area (TPSA) is 21.8 Å². The highest BCUT2D eigenvalue weighted by atomic mass is 28.1. The van der Waals surface area contributed by atoms with Gasteiger partial charge in [-0.15, -0.1) is 0 Å². The Bertz CT molecular complexity index is 126. The van der Waals surface area contributed by atoms with E-state index < -0.39 is 0 Å². The van der Waals surface area contributed by atoms with Crippen molar-refractivity contribution < 1.29 is 9.47 Å². The van der Waals surface area contributed by atoms with Gasteiger partial charge in [0.1, 0.15) is 6.10 Å². The van der Waals surface area contributed by atoms with Crippen LogP contribution in [0.5, 0.6) is 0 Å². The van der Waals surface area contributed by atoms with Gasteiger partial charge in [0.05, 0.1) is 13.2 Å². The predicted octanol–water partition coefficient (Wildman–Crippen LogP) is 1.53. The van der Waals surface area contributed by atoms with Crippen LogP contribution in [-0.4, -0.2) is 36.2 Å². The van der Waals surface area contributed by atoms with Crippen LogP contribution >= 0.6 is 0 Å². The number of hydrogen-bond acceptors (Lipinski definition) is 2. The molecule has 0 saturated carbocycles. The fourth-order valence-corrected chi connectivity index (χ4v) is 2.04. The molecule has 1 unspecified atom stereocenters. The average Bonchev–Trinajstić information content (AvgIpc) is 2.99. The van der Waals surface area contributed by atoms with Crippen molar-refractivity contribution >= 4 is 10.2 Å². The maximum atomic E-state index is 5.47. The minimum absolute atomic E-state index is 0.434. The maximum Gasteiger partial charge on any atom is 0.104 e. The van der Waals surface area contributed by atoms with Gasteiger partial charge in [-0.2, -0.15) is 0 Å². The van der Waals surface area contributed by atoms with Crippen molar-refractivity contribution in [1.29, 1.82) is 0 Å². The van der Waals surface area contributed by atoms with Crippen molar-refractivity contribution in [2.45, 2.75) is 50.7 Å². The molecule has 0 aromatic carbocycles. The molecule has 1 aliphatic rings. The van der Waals surface area contributed by atoms with Crippen LogP contribution in [0.15, 0.2) is 0 Å². The van der Waals surface area contributed by atoms with Crippen LogP contribution in [0.2, 0.25) is 6.04 Å². The molecule has 0 bridgehead atoms. The minimum Gasteiger partial charge on any atom is -0.379 e. The van der Waals surface area contributed by atoms with Gasteiger partial charge in [-0.25, -0.2) is 0 Å². The molecule has 3 heteroatoms. The normalized spacial score (nSPS) is 20.1. The van der Waals surface area contributed by atoms with Gasteiger partial charge in [0, 0.05) is 16.8 Å². The number of unbranched alkanes of at least 4 members (excludes halogenated alkanes) is 5. The molecule has 0 N–H and O–H groups in total. The summed E-state index contributed by atoms with van der Waals surface area (Å²) >= 11 is 0. The van der Waals surface area contributed by atoms with Gasteiger partial charge in [-0.05, 0) is 6.42 Å². The minimum atomic E-state index is 0.434. The van der Waals surface area contributed by atoms with Crippen molar-refractivity contribution in [2.24, 2.45) is 0 Å². The summed E-state index contributed by atoms with van der Waals surface area (Å²) in [6.45, 7) is 2.67. The van der Waals surface area contributed by atoms with Gasteiger partial charge in [0.25, 0.3) is 0 Å². The molecule has 0 aromatic rings. The van der Waals surface area contributed by atoms with Crippen LogP contribution < -0.4 is 0 Å². The maximum absolute atomic E-state index is 5.47. The van der Waals surface area contributed by atoms with Crippen LogP contribution in [0.4, 0.5) is 0 Å². The third kappa shape index (κ3) is 7.53. The van der Waals surface area contributed by atoms with Crippen LogP contribution in [0, 0.1) is 0 Å². The summed E-state index contributed by atoms with van der Waals surface area (Å²) in [5, 5.41) is 0. The number of rotatable bonds is 10. The lowest BCUT2D eigenvalue weighted by atomic mass is 10.1. The molecule has 0 radical (unpaired) electrons. The molecule has 1 aliphatic heterocycles. The quantitative estimate of drug-likeness (QED) is 0.314. The van der Waals surface area contributed by atoms with Crippen LogP contribution in [0.1, 0.15) is 38.5 Å². The van der Waals surface area contributed by atoms with Crippen LogP contribution in [0.25, 0.3) is 0 Å². The molecule has 1 fully saturated rings. The monoisotopic (exact) mass is 216 g/mol. The molecule has 84 valence electrons. The van der Waals surface area contributed by atoms with Crippen molar-refractivity contribution in [2.75, 3.05) is 19.8 Å². The first-order valence-corrected chi connectivity index (χ1v) is 7.54. The Labute approximate surface area is 90.8 Å². The average molecular weight is 216 g/mol. The molecule has 0 aromatic heterocycles. The third-order valence-corrected chi connectivity index (χ3v) is 3.31. The fourth-order valence-electron chi connectivity index (χ4n) is 1.54. The molecular weight excluding hydrogens is 192 g/mol. The van der Waals surface area contributed by atoms with E-state index in [1.165, 1.54) is 54.8 Å². The highest BCUT2D eigenvalue weighted by molar-refractivity contribution is 6.08. The zero-order valence-electron chi connectivity index (χ0n) is 9.46. The lowest BCUT2D eigenvalue weighted by molar-refractivity contribution is 0.113. The van der Waals surface area contributed by atoms with Gasteiger partial charge < -0.3 is 9.47 Å². The van der Waals surface area contributed by atoms with Gasteiger partial charge in [0.15, 0.2) is 0 Å². The molecule has 0 aliphatic carbocycles. The summed E-state index contributed by atoms with van der Waals surface area (Å²) in [7, 11) is 1.38. The SMILES string of the molecule is [SiH3]CCCCCCCCOCC1CO1. The largest absolute Gasteiger partial charge is 0.379 e. The van der Waals surface area contributed by atoms with Crippen molar-refractivity contribution in [3.8, 4) is 0 Å². The van der Waals surface area contributed by atoms with Crippen molar-refractivity contribution in [1.82, 2.24) is 0 Å². The Morgan fingerprint density at radius 3 is 2.36 bits per heavy atom. The Kier molecular flexibility index (Phi) is 7.36. The Hall–Kier alpha value is 0.137. The second-order valence-corrected chi connectivity index (χ2v) is 5.15. The van der Waals surface area contributed by atoms with Gasteiger partial charge in [-0.3, -0.25) is 0 Å². The zero-order valence-corrected chi connectivity index (χ0v) is 11.5. The molecule has 1 atom stereocenters. The first-order valence-electron chi connectivity index (χ1n) is 6.13. The van der Waals surface area contributed by atoms with Gasteiger partial charge >= 0.3 is 0 Å². The fraction of sp³-hybridized carbons (Fsp3) is 1.00. The van der Waals surface area contributed by atoms with E-state index >= 15 is 0 Å². The number of ether oxygens (including phenoxy) is 2. The summed E-state index contributed by atoms with van der Waals surface area (Å²) < 4.78 is 10.5. The zero-order chi connectivity index (χ0) is 10.1. The summed E-state index contributed by atoms with van der Waals surface area (Å²) in [5.74, 6) is 0. The highest BCUT2D eigenvalue weighted by Gasteiger charge is 2.21. The lowest BCUT2D eigenvalue weighted by Crippen LogP contribution is -2.02. The molecular formula is C11H24O2Si. The standard InChI is InChI=1S/C11H24O2Si/c14-8-6-4-2-1-3-5-7-12-9-11-10-13-11/h11H,1-10H2,14H3. The van der Waals surface area contributed by atoms with E-state index in [9.17, 15) is 0 Å². The molecule has 14 heavy (non-hydrogen) atoms. The smallest absolute Gasteiger partial charge is 0.104 e. The van der Waals surface area contributed by atoms with Crippen molar-refractivity contribution in [3.63, 3.8) is 0 Å². The Balaban J connectivity index is 1.63. The second kappa shape index (κ2) is 8.45. The third-order valence-electron chi connectivity index (χ3n) is 2.60. The van der Waals surface area contributed by atoms with Gasteiger partial charge in [0.2, 0.25) is 0 Å². The van der Waals surface area contributed by atoms with Crippen LogP contribution in [-0.2, 0) is 9.47 Å². The molecule has 1 heterocycles. The van der Waals surface area contributed by atoms with E-state index in [4.69, 9.17) is 9.47 Å². The molecule has 1 rings (SSSR count). The van der Waals surface area contributed by atoms with E-state index in [2.05, 4.69) is 0 Å². The van der Waals surface area contributed by atoms with E-state index in [0.717, 1.165) is 19.8 Å². The molecule has 2 nitrogen and oxygen atoms in total. The highest BCUT2D eigenvalue weighted by Crippen LogP contribution is 2.10. The van der Waals surface area contributed by atoms with Crippen molar-refractivity contribution in [3.05, 3.63) is 0 Å². The Morgan fingerprint density at radius 1 is 1.07 bits per heavy atom. The van der Waals surface area contributed by atoms with Crippen LogP contribution in [0.3, 0.4) is 0 Å². The van der Waals surface area contributed by atoms with E-state index in [1.807, 2.05) is 0 Å². The van der Waals surface area contributed by atoms with E-state index in [-0.39, 0.29) is 0 Å². The Morgan fingerprint density at radius 2 is 1.71 bits per heavy atom. The predicted molar refractivity (Wildman–Crippen MR) is 63.0 cm³/mol. The summed E-state index contributed by atoms with van der Waals surface area (Å²) in [4.78, 5) is 0.